The van der Waals surface area contributed by atoms with Gasteiger partial charge in [0.05, 0.1) is 12.7 Å². The van der Waals surface area contributed by atoms with Crippen molar-refractivity contribution < 1.29 is 14.6 Å². The first kappa shape index (κ1) is 17.2. The largest absolute Gasteiger partial charge is 0.387 e. The van der Waals surface area contributed by atoms with Crippen LogP contribution in [0.15, 0.2) is 36.0 Å². The molecule has 0 spiro atoms. The van der Waals surface area contributed by atoms with E-state index in [9.17, 15) is 5.11 Å². The minimum absolute atomic E-state index is 0.162. The third-order valence-corrected chi connectivity index (χ3v) is 3.64. The van der Waals surface area contributed by atoms with E-state index in [1.54, 1.807) is 7.11 Å². The Morgan fingerprint density at radius 2 is 2.10 bits per heavy atom. The Bertz CT molecular complexity index is 357. The van der Waals surface area contributed by atoms with Gasteiger partial charge in [-0.15, -0.1) is 0 Å². The van der Waals surface area contributed by atoms with Gasteiger partial charge in [-0.2, -0.15) is 0 Å². The van der Waals surface area contributed by atoms with Crippen LogP contribution in [0.5, 0.6) is 0 Å². The number of rotatable bonds is 6. The van der Waals surface area contributed by atoms with E-state index in [1.165, 1.54) is 0 Å². The van der Waals surface area contributed by atoms with Gasteiger partial charge in [0.2, 0.25) is 0 Å². The summed E-state index contributed by atoms with van der Waals surface area (Å²) in [7, 11) is 1.64. The Hall–Kier alpha value is -0.900. The molecule has 1 heterocycles. The normalized spacial score (nSPS) is 32.4. The molecule has 3 nitrogen and oxygen atoms in total. The highest BCUT2D eigenvalue weighted by atomic mass is 16.5. The number of hydrogen-bond donors (Lipinski definition) is 1. The maximum absolute atomic E-state index is 10.3. The number of hydrogen-bond acceptors (Lipinski definition) is 3. The Labute approximate surface area is 123 Å². The molecule has 1 rings (SSSR count). The highest BCUT2D eigenvalue weighted by molar-refractivity contribution is 5.20. The van der Waals surface area contributed by atoms with Crippen LogP contribution in [0.2, 0.25) is 0 Å². The molecule has 0 aromatic rings. The number of allylic oxidation sites excluding steroid dienone is 5. The number of ether oxygens (including phenoxy) is 2. The van der Waals surface area contributed by atoms with Crippen molar-refractivity contribution in [2.24, 2.45) is 5.92 Å². The predicted molar refractivity (Wildman–Crippen MR) is 82.7 cm³/mol. The third-order valence-electron chi connectivity index (χ3n) is 3.64. The van der Waals surface area contributed by atoms with Crippen molar-refractivity contribution in [3.63, 3.8) is 0 Å². The summed E-state index contributed by atoms with van der Waals surface area (Å²) >= 11 is 0. The van der Waals surface area contributed by atoms with Crippen LogP contribution in [0.4, 0.5) is 0 Å². The van der Waals surface area contributed by atoms with Crippen LogP contribution in [0.3, 0.4) is 0 Å². The van der Waals surface area contributed by atoms with Crippen LogP contribution >= 0.6 is 0 Å². The highest BCUT2D eigenvalue weighted by Crippen LogP contribution is 2.26. The summed E-state index contributed by atoms with van der Waals surface area (Å²) in [5.74, 6) is 0.214. The van der Waals surface area contributed by atoms with Crippen molar-refractivity contribution in [3.05, 3.63) is 36.0 Å². The van der Waals surface area contributed by atoms with E-state index in [4.69, 9.17) is 9.47 Å². The zero-order chi connectivity index (χ0) is 15.0. The molecule has 1 fully saturated rings. The minimum atomic E-state index is -0.607. The first-order valence-electron chi connectivity index (χ1n) is 7.44. The van der Waals surface area contributed by atoms with Gasteiger partial charge in [-0.3, -0.25) is 0 Å². The molecular formula is C17H28O3. The maximum Gasteiger partial charge on any atom is 0.110 e. The number of methoxy groups -OCH3 is 1. The SMILES string of the molecule is CCC/C=C/C=C/C=C(\C)[C@H]1OC[C@H](C)[C@H](OC)[C@H]1O. The first-order valence-corrected chi connectivity index (χ1v) is 7.44. The second-order valence-electron chi connectivity index (χ2n) is 5.43. The van der Waals surface area contributed by atoms with Gasteiger partial charge in [0, 0.05) is 13.0 Å². The fraction of sp³-hybridized carbons (Fsp3) is 0.647. The fourth-order valence-corrected chi connectivity index (χ4v) is 2.44. The fourth-order valence-electron chi connectivity index (χ4n) is 2.44. The predicted octanol–water partition coefficient (Wildman–Crippen LogP) is 3.26. The third kappa shape index (κ3) is 4.89. The smallest absolute Gasteiger partial charge is 0.110 e. The van der Waals surface area contributed by atoms with Crippen LogP contribution in [0.1, 0.15) is 33.6 Å². The molecule has 0 radical (unpaired) electrons. The van der Waals surface area contributed by atoms with Gasteiger partial charge in [0.25, 0.3) is 0 Å². The lowest BCUT2D eigenvalue weighted by atomic mass is 9.90. The summed E-state index contributed by atoms with van der Waals surface area (Å²) in [6.07, 6.45) is 11.4. The lowest BCUT2D eigenvalue weighted by Gasteiger charge is -2.38. The number of aliphatic hydroxyl groups excluding tert-OH is 1. The van der Waals surface area contributed by atoms with Crippen molar-refractivity contribution in [1.29, 1.82) is 0 Å². The summed E-state index contributed by atoms with van der Waals surface area (Å²) in [6, 6.07) is 0. The Morgan fingerprint density at radius 1 is 1.35 bits per heavy atom. The van der Waals surface area contributed by atoms with E-state index >= 15 is 0 Å². The molecule has 114 valence electrons. The molecule has 0 aromatic heterocycles. The zero-order valence-electron chi connectivity index (χ0n) is 13.1. The molecule has 0 aromatic carbocycles. The van der Waals surface area contributed by atoms with Gasteiger partial charge in [-0.05, 0) is 18.9 Å². The number of unbranched alkanes of at least 4 members (excludes halogenated alkanes) is 1. The standard InChI is InChI=1S/C17H28O3/c1-5-6-7-8-9-10-11-13(2)17-15(18)16(19-4)14(3)12-20-17/h7-11,14-18H,5-6,12H2,1-4H3/b8-7+,10-9+,13-11+/t14-,15+,16-,17+/m0/s1. The zero-order valence-corrected chi connectivity index (χ0v) is 13.1. The van der Waals surface area contributed by atoms with Crippen molar-refractivity contribution in [2.45, 2.75) is 51.9 Å². The molecule has 1 aliphatic heterocycles. The second-order valence-corrected chi connectivity index (χ2v) is 5.43. The molecule has 0 amide bonds. The molecule has 1 saturated heterocycles. The van der Waals surface area contributed by atoms with Crippen LogP contribution in [-0.2, 0) is 9.47 Å². The van der Waals surface area contributed by atoms with Crippen LogP contribution in [-0.4, -0.2) is 37.1 Å². The van der Waals surface area contributed by atoms with Crippen LogP contribution in [0.25, 0.3) is 0 Å². The molecular weight excluding hydrogens is 252 g/mol. The van der Waals surface area contributed by atoms with E-state index in [0.717, 1.165) is 18.4 Å². The van der Waals surface area contributed by atoms with E-state index in [0.29, 0.717) is 6.61 Å². The highest BCUT2D eigenvalue weighted by Gasteiger charge is 2.37. The minimum Gasteiger partial charge on any atom is -0.387 e. The molecule has 1 aliphatic rings. The summed E-state index contributed by atoms with van der Waals surface area (Å²) in [6.45, 7) is 6.79. The molecule has 0 bridgehead atoms. The monoisotopic (exact) mass is 280 g/mol. The average Bonchev–Trinajstić information content (AvgIpc) is 2.43. The van der Waals surface area contributed by atoms with Gasteiger partial charge in [-0.25, -0.2) is 0 Å². The van der Waals surface area contributed by atoms with Crippen molar-refractivity contribution in [3.8, 4) is 0 Å². The van der Waals surface area contributed by atoms with Crippen molar-refractivity contribution in [2.75, 3.05) is 13.7 Å². The van der Waals surface area contributed by atoms with Gasteiger partial charge in [-0.1, -0.05) is 50.6 Å². The summed E-state index contributed by atoms with van der Waals surface area (Å²) < 4.78 is 11.1. The Kier molecular flexibility index (Phi) is 7.82. The summed E-state index contributed by atoms with van der Waals surface area (Å²) in [4.78, 5) is 0. The van der Waals surface area contributed by atoms with Crippen LogP contribution in [0, 0.1) is 5.92 Å². The molecule has 1 N–H and O–H groups in total. The molecule has 20 heavy (non-hydrogen) atoms. The average molecular weight is 280 g/mol. The van der Waals surface area contributed by atoms with E-state index in [-0.39, 0.29) is 18.1 Å². The molecule has 0 unspecified atom stereocenters. The summed E-state index contributed by atoms with van der Waals surface area (Å²) in [5, 5.41) is 10.3. The van der Waals surface area contributed by atoms with Crippen molar-refractivity contribution >= 4 is 0 Å². The van der Waals surface area contributed by atoms with E-state index < -0.39 is 6.10 Å². The Balaban J connectivity index is 2.59. The quantitative estimate of drug-likeness (QED) is 0.759. The Morgan fingerprint density at radius 3 is 2.75 bits per heavy atom. The van der Waals surface area contributed by atoms with E-state index in [2.05, 4.69) is 13.0 Å². The van der Waals surface area contributed by atoms with Crippen LogP contribution < -0.4 is 0 Å². The van der Waals surface area contributed by atoms with Gasteiger partial charge in [0.15, 0.2) is 0 Å². The lowest BCUT2D eigenvalue weighted by molar-refractivity contribution is -0.158. The maximum atomic E-state index is 10.3. The van der Waals surface area contributed by atoms with Crippen molar-refractivity contribution in [1.82, 2.24) is 0 Å². The number of aliphatic hydroxyl groups is 1. The second kappa shape index (κ2) is 9.11. The molecule has 3 heteroatoms. The van der Waals surface area contributed by atoms with Gasteiger partial charge in [0.1, 0.15) is 12.2 Å². The van der Waals surface area contributed by atoms with Gasteiger partial charge < -0.3 is 14.6 Å². The topological polar surface area (TPSA) is 38.7 Å². The van der Waals surface area contributed by atoms with Gasteiger partial charge >= 0.3 is 0 Å². The molecule has 0 aliphatic carbocycles. The van der Waals surface area contributed by atoms with E-state index in [1.807, 2.05) is 38.2 Å². The lowest BCUT2D eigenvalue weighted by Crippen LogP contribution is -2.50. The summed E-state index contributed by atoms with van der Waals surface area (Å²) in [5.41, 5.74) is 1.02. The molecule has 4 atom stereocenters. The first-order chi connectivity index (χ1) is 9.61. The molecule has 0 saturated carbocycles.